The maximum absolute atomic E-state index is 13.8. The molecule has 4 rings (SSSR count). The summed E-state index contributed by atoms with van der Waals surface area (Å²) in [7, 11) is 1.64. The molecule has 1 aliphatic rings. The minimum absolute atomic E-state index is 0.0231. The number of nitrogens with zero attached hydrogens (tertiary/aromatic N) is 3. The molecular weight excluding hydrogens is 388 g/mol. The molecule has 1 aromatic heterocycles. The first kappa shape index (κ1) is 20.3. The van der Waals surface area contributed by atoms with Gasteiger partial charge in [-0.25, -0.2) is 13.8 Å². The fourth-order valence-corrected chi connectivity index (χ4v) is 4.27. The second-order valence-electron chi connectivity index (χ2n) is 8.14. The molecule has 1 fully saturated rings. The highest BCUT2D eigenvalue weighted by molar-refractivity contribution is 5.84. The van der Waals surface area contributed by atoms with E-state index in [4.69, 9.17) is 4.74 Å². The number of rotatable bonds is 5. The molecule has 1 aliphatic heterocycles. The van der Waals surface area contributed by atoms with E-state index < -0.39 is 17.7 Å². The Bertz CT molecular complexity index is 1060. The molecule has 2 unspecified atom stereocenters. The molecule has 0 saturated carbocycles. The first-order valence-electron chi connectivity index (χ1n) is 10.1. The van der Waals surface area contributed by atoms with Crippen molar-refractivity contribution in [3.05, 3.63) is 59.9 Å². The van der Waals surface area contributed by atoms with Crippen LogP contribution in [-0.2, 0) is 4.79 Å². The Morgan fingerprint density at radius 3 is 2.53 bits per heavy atom. The lowest BCUT2D eigenvalue weighted by Crippen LogP contribution is -2.37. The van der Waals surface area contributed by atoms with E-state index in [1.54, 1.807) is 11.7 Å². The smallest absolute Gasteiger partial charge is 0.245 e. The Kier molecular flexibility index (Phi) is 5.45. The average Bonchev–Trinajstić information content (AvgIpc) is 3.37. The molecule has 158 valence electrons. The summed E-state index contributed by atoms with van der Waals surface area (Å²) in [6.07, 6.45) is 2.39. The predicted molar refractivity (Wildman–Crippen MR) is 110 cm³/mol. The maximum atomic E-state index is 13.8. The topological polar surface area (TPSA) is 47.4 Å². The quantitative estimate of drug-likeness (QED) is 0.617. The number of carbonyl (C=O) groups excluding carboxylic acids is 1. The first-order chi connectivity index (χ1) is 14.4. The molecular formula is C23H25F2N3O2. The van der Waals surface area contributed by atoms with E-state index in [1.807, 2.05) is 43.0 Å². The molecule has 5 nitrogen and oxygen atoms in total. The van der Waals surface area contributed by atoms with Gasteiger partial charge in [0.15, 0.2) is 11.6 Å². The van der Waals surface area contributed by atoms with Gasteiger partial charge < -0.3 is 14.2 Å². The van der Waals surface area contributed by atoms with Crippen LogP contribution < -0.4 is 4.74 Å². The van der Waals surface area contributed by atoms with Crippen molar-refractivity contribution >= 4 is 16.9 Å². The van der Waals surface area contributed by atoms with Gasteiger partial charge >= 0.3 is 0 Å². The third kappa shape index (κ3) is 3.64. The van der Waals surface area contributed by atoms with E-state index >= 15 is 0 Å². The van der Waals surface area contributed by atoms with Gasteiger partial charge in [0.1, 0.15) is 11.8 Å². The van der Waals surface area contributed by atoms with E-state index in [2.05, 4.69) is 4.98 Å². The Balaban J connectivity index is 1.58. The second kappa shape index (κ2) is 8.05. The normalized spacial score (nSPS) is 17.7. The zero-order valence-electron chi connectivity index (χ0n) is 17.3. The highest BCUT2D eigenvalue weighted by atomic mass is 19.2. The van der Waals surface area contributed by atoms with E-state index in [1.165, 1.54) is 11.9 Å². The molecule has 0 bridgehead atoms. The number of methoxy groups -OCH3 is 1. The van der Waals surface area contributed by atoms with Crippen molar-refractivity contribution in [2.24, 2.45) is 5.92 Å². The lowest BCUT2D eigenvalue weighted by Gasteiger charge is -2.27. The molecule has 2 heterocycles. The third-order valence-electron chi connectivity index (χ3n) is 5.89. The summed E-state index contributed by atoms with van der Waals surface area (Å²) in [4.78, 5) is 19.5. The fourth-order valence-electron chi connectivity index (χ4n) is 4.27. The van der Waals surface area contributed by atoms with E-state index in [9.17, 15) is 13.6 Å². The van der Waals surface area contributed by atoms with Crippen LogP contribution in [0, 0.1) is 17.6 Å². The molecule has 30 heavy (non-hydrogen) atoms. The van der Waals surface area contributed by atoms with Crippen molar-refractivity contribution in [2.75, 3.05) is 20.2 Å². The summed E-state index contributed by atoms with van der Waals surface area (Å²) in [6.45, 7) is 5.19. The van der Waals surface area contributed by atoms with E-state index in [0.717, 1.165) is 24.3 Å². The van der Waals surface area contributed by atoms with Crippen molar-refractivity contribution in [3.63, 3.8) is 0 Å². The Labute approximate surface area is 174 Å². The molecule has 0 N–H and O–H groups in total. The summed E-state index contributed by atoms with van der Waals surface area (Å²) < 4.78 is 34.3. The minimum atomic E-state index is -0.944. The lowest BCUT2D eigenvalue weighted by atomic mass is 9.98. The number of aromatic nitrogens is 2. The number of hydrogen-bond acceptors (Lipinski definition) is 3. The number of hydrogen-bond donors (Lipinski definition) is 0. The van der Waals surface area contributed by atoms with Gasteiger partial charge in [-0.3, -0.25) is 4.79 Å². The Hall–Kier alpha value is -2.96. The molecule has 7 heteroatoms. The molecule has 2 aromatic carbocycles. The molecule has 1 saturated heterocycles. The van der Waals surface area contributed by atoms with Gasteiger partial charge in [0, 0.05) is 31.1 Å². The number of ether oxygens (including phenoxy) is 1. The van der Waals surface area contributed by atoms with E-state index in [0.29, 0.717) is 24.1 Å². The average molecular weight is 413 g/mol. The van der Waals surface area contributed by atoms with Crippen LogP contribution in [0.2, 0.25) is 0 Å². The lowest BCUT2D eigenvalue weighted by molar-refractivity contribution is -0.135. The summed E-state index contributed by atoms with van der Waals surface area (Å²) in [5.41, 5.74) is 1.94. The van der Waals surface area contributed by atoms with Crippen LogP contribution in [0.25, 0.3) is 11.0 Å². The Morgan fingerprint density at radius 1 is 1.17 bits per heavy atom. The van der Waals surface area contributed by atoms with Gasteiger partial charge in [0.25, 0.3) is 0 Å². The maximum Gasteiger partial charge on any atom is 0.245 e. The van der Waals surface area contributed by atoms with Crippen molar-refractivity contribution in [2.45, 2.75) is 32.2 Å². The second-order valence-corrected chi connectivity index (χ2v) is 8.14. The van der Waals surface area contributed by atoms with Crippen LogP contribution in [0.5, 0.6) is 5.75 Å². The van der Waals surface area contributed by atoms with E-state index in [-0.39, 0.29) is 17.7 Å². The molecule has 3 aromatic rings. The Morgan fingerprint density at radius 2 is 1.87 bits per heavy atom. The van der Waals surface area contributed by atoms with Crippen LogP contribution >= 0.6 is 0 Å². The predicted octanol–water partition coefficient (Wildman–Crippen LogP) is 4.54. The van der Waals surface area contributed by atoms with Gasteiger partial charge in [-0.1, -0.05) is 26.0 Å². The number of likely N-dealkylation sites (tertiary alicyclic amines) is 1. The summed E-state index contributed by atoms with van der Waals surface area (Å²) in [5, 5.41) is 0. The molecule has 0 spiro atoms. The molecule has 0 aliphatic carbocycles. The minimum Gasteiger partial charge on any atom is -0.497 e. The number of fused-ring (bicyclic) bond motifs is 1. The van der Waals surface area contributed by atoms with Gasteiger partial charge in [-0.15, -0.1) is 0 Å². The van der Waals surface area contributed by atoms with Crippen molar-refractivity contribution in [3.8, 4) is 5.75 Å². The largest absolute Gasteiger partial charge is 0.497 e. The number of imidazole rings is 1. The number of amides is 1. The van der Waals surface area contributed by atoms with Gasteiger partial charge in [-0.05, 0) is 30.0 Å². The first-order valence-corrected chi connectivity index (χ1v) is 10.1. The van der Waals surface area contributed by atoms with Crippen LogP contribution in [0.3, 0.4) is 0 Å². The summed E-state index contributed by atoms with van der Waals surface area (Å²) >= 11 is 0. The number of carbonyl (C=O) groups is 1. The van der Waals surface area contributed by atoms with Gasteiger partial charge in [0.05, 0.1) is 24.5 Å². The molecule has 2 atom stereocenters. The van der Waals surface area contributed by atoms with Crippen LogP contribution in [0.15, 0.2) is 42.7 Å². The summed E-state index contributed by atoms with van der Waals surface area (Å²) in [6, 6.07) is 9.60. The summed E-state index contributed by atoms with van der Waals surface area (Å²) in [5.74, 6) is -0.881. The van der Waals surface area contributed by atoms with Gasteiger partial charge in [-0.2, -0.15) is 0 Å². The third-order valence-corrected chi connectivity index (χ3v) is 5.89. The highest BCUT2D eigenvalue weighted by Gasteiger charge is 2.34. The zero-order chi connectivity index (χ0) is 21.4. The fraction of sp³-hybridized carbons (Fsp3) is 0.391. The monoisotopic (exact) mass is 413 g/mol. The van der Waals surface area contributed by atoms with Crippen LogP contribution in [0.1, 0.15) is 37.8 Å². The standard InChI is InChI=1S/C23H25F2N3O2/c1-14(2)22(28-13-26-20-10-18(24)19(25)11-21(20)28)23(29)27-9-8-16(12-27)15-4-6-17(30-3)7-5-15/h4-7,10-11,13-14,16,22H,8-9,12H2,1-3H3. The van der Waals surface area contributed by atoms with Gasteiger partial charge in [0.2, 0.25) is 5.91 Å². The molecule has 0 radical (unpaired) electrons. The SMILES string of the molecule is COc1ccc(C2CCN(C(=O)C(C(C)C)n3cnc4cc(F)c(F)cc43)C2)cc1. The van der Waals surface area contributed by atoms with Crippen LogP contribution in [-0.4, -0.2) is 40.6 Å². The van der Waals surface area contributed by atoms with Crippen molar-refractivity contribution in [1.29, 1.82) is 0 Å². The molecule has 1 amide bonds. The number of benzene rings is 2. The zero-order valence-corrected chi connectivity index (χ0v) is 17.3. The van der Waals surface area contributed by atoms with Crippen LogP contribution in [0.4, 0.5) is 8.78 Å². The van der Waals surface area contributed by atoms with Crippen molar-refractivity contribution in [1.82, 2.24) is 14.5 Å². The van der Waals surface area contributed by atoms with Crippen molar-refractivity contribution < 1.29 is 18.3 Å². The highest BCUT2D eigenvalue weighted by Crippen LogP contribution is 2.32. The number of halogens is 2.